The fourth-order valence-corrected chi connectivity index (χ4v) is 5.53. The lowest BCUT2D eigenvalue weighted by Gasteiger charge is -2.63. The summed E-state index contributed by atoms with van der Waals surface area (Å²) in [4.78, 5) is 4.34. The van der Waals surface area contributed by atoms with E-state index in [0.717, 1.165) is 19.0 Å². The molecule has 0 amide bonds. The highest BCUT2D eigenvalue weighted by Crippen LogP contribution is 2.62. The van der Waals surface area contributed by atoms with E-state index in [1.54, 1.807) is 7.05 Å². The van der Waals surface area contributed by atoms with Crippen molar-refractivity contribution in [2.45, 2.75) is 75.7 Å². The van der Waals surface area contributed by atoms with E-state index in [2.05, 4.69) is 15.6 Å². The molecule has 142 valence electrons. The predicted molar refractivity (Wildman–Crippen MR) is 89.4 cm³/mol. The molecule has 0 aromatic heterocycles. The van der Waals surface area contributed by atoms with Crippen LogP contribution in [-0.4, -0.2) is 44.0 Å². The van der Waals surface area contributed by atoms with Gasteiger partial charge in [-0.1, -0.05) is 6.42 Å². The second kappa shape index (κ2) is 6.32. The van der Waals surface area contributed by atoms with Gasteiger partial charge in [0.25, 0.3) is 0 Å². The van der Waals surface area contributed by atoms with Gasteiger partial charge in [0, 0.05) is 37.1 Å². The van der Waals surface area contributed by atoms with Gasteiger partial charge in [0.05, 0.1) is 12.0 Å². The SMILES string of the molecule is CN=C(NC1CCC(C(F)(F)F)CC1)NC1C2CCOC2C12CCC2. The highest BCUT2D eigenvalue weighted by Gasteiger charge is 2.66. The number of halogens is 3. The van der Waals surface area contributed by atoms with Gasteiger partial charge in [0.15, 0.2) is 5.96 Å². The van der Waals surface area contributed by atoms with Crippen LogP contribution in [0.25, 0.3) is 0 Å². The number of ether oxygens (including phenoxy) is 1. The molecule has 3 saturated carbocycles. The van der Waals surface area contributed by atoms with E-state index in [1.165, 1.54) is 19.3 Å². The maximum Gasteiger partial charge on any atom is 0.391 e. The zero-order valence-electron chi connectivity index (χ0n) is 14.7. The van der Waals surface area contributed by atoms with Crippen LogP contribution in [0.1, 0.15) is 51.4 Å². The molecular formula is C18H28F3N3O. The third kappa shape index (κ3) is 2.92. The molecule has 3 unspecified atom stereocenters. The van der Waals surface area contributed by atoms with E-state index in [1.807, 2.05) is 0 Å². The Kier molecular flexibility index (Phi) is 4.41. The highest BCUT2D eigenvalue weighted by atomic mass is 19.4. The van der Waals surface area contributed by atoms with Crippen molar-refractivity contribution >= 4 is 5.96 Å². The molecule has 0 aromatic rings. The number of rotatable bonds is 2. The van der Waals surface area contributed by atoms with Crippen molar-refractivity contribution in [2.24, 2.45) is 22.2 Å². The lowest BCUT2D eigenvalue weighted by atomic mass is 9.46. The van der Waals surface area contributed by atoms with Gasteiger partial charge in [-0.05, 0) is 44.9 Å². The Morgan fingerprint density at radius 2 is 1.80 bits per heavy atom. The molecule has 3 atom stereocenters. The minimum Gasteiger partial charge on any atom is -0.377 e. The van der Waals surface area contributed by atoms with Crippen LogP contribution in [0.4, 0.5) is 13.2 Å². The van der Waals surface area contributed by atoms with Crippen molar-refractivity contribution in [1.29, 1.82) is 0 Å². The van der Waals surface area contributed by atoms with Crippen molar-refractivity contribution in [1.82, 2.24) is 10.6 Å². The van der Waals surface area contributed by atoms with E-state index in [9.17, 15) is 13.2 Å². The maximum absolute atomic E-state index is 12.8. The average Bonchev–Trinajstić information content (AvgIpc) is 2.94. The number of hydrogen-bond acceptors (Lipinski definition) is 2. The van der Waals surface area contributed by atoms with Gasteiger partial charge in [0.1, 0.15) is 0 Å². The Morgan fingerprint density at radius 1 is 1.08 bits per heavy atom. The molecular weight excluding hydrogens is 331 g/mol. The van der Waals surface area contributed by atoms with Crippen LogP contribution in [0.5, 0.6) is 0 Å². The van der Waals surface area contributed by atoms with Crippen LogP contribution in [0.3, 0.4) is 0 Å². The van der Waals surface area contributed by atoms with E-state index in [4.69, 9.17) is 4.74 Å². The van der Waals surface area contributed by atoms with E-state index in [0.29, 0.717) is 30.9 Å². The molecule has 1 heterocycles. The lowest BCUT2D eigenvalue weighted by molar-refractivity contribution is -0.182. The van der Waals surface area contributed by atoms with Gasteiger partial charge >= 0.3 is 6.18 Å². The summed E-state index contributed by atoms with van der Waals surface area (Å²) in [5.74, 6) is 0.165. The monoisotopic (exact) mass is 359 g/mol. The number of nitrogens with one attached hydrogen (secondary N) is 2. The van der Waals surface area contributed by atoms with Crippen molar-refractivity contribution in [3.8, 4) is 0 Å². The Balaban J connectivity index is 1.32. The van der Waals surface area contributed by atoms with Crippen molar-refractivity contribution in [3.05, 3.63) is 0 Å². The predicted octanol–water partition coefficient (Wildman–Crippen LogP) is 3.23. The van der Waals surface area contributed by atoms with Crippen LogP contribution in [-0.2, 0) is 4.74 Å². The van der Waals surface area contributed by atoms with Crippen molar-refractivity contribution < 1.29 is 17.9 Å². The van der Waals surface area contributed by atoms with E-state index < -0.39 is 12.1 Å². The summed E-state index contributed by atoms with van der Waals surface area (Å²) in [6.07, 6.45) is 2.65. The first-order chi connectivity index (χ1) is 11.9. The molecule has 7 heteroatoms. The van der Waals surface area contributed by atoms with E-state index in [-0.39, 0.29) is 24.3 Å². The summed E-state index contributed by atoms with van der Waals surface area (Å²) in [5.41, 5.74) is 0.271. The Hall–Kier alpha value is -0.980. The average molecular weight is 359 g/mol. The van der Waals surface area contributed by atoms with Gasteiger partial charge in [-0.2, -0.15) is 13.2 Å². The minimum atomic E-state index is -4.05. The molecule has 4 nitrogen and oxygen atoms in total. The minimum absolute atomic E-state index is 0.0813. The zero-order chi connectivity index (χ0) is 17.7. The topological polar surface area (TPSA) is 45.7 Å². The molecule has 1 aliphatic heterocycles. The summed E-state index contributed by atoms with van der Waals surface area (Å²) in [6.45, 7) is 0.850. The highest BCUT2D eigenvalue weighted by molar-refractivity contribution is 5.80. The van der Waals surface area contributed by atoms with Gasteiger partial charge < -0.3 is 15.4 Å². The third-order valence-corrected chi connectivity index (χ3v) is 7.08. The number of nitrogens with zero attached hydrogens (tertiary/aromatic N) is 1. The molecule has 25 heavy (non-hydrogen) atoms. The van der Waals surface area contributed by atoms with E-state index >= 15 is 0 Å². The second-order valence-electron chi connectivity index (χ2n) is 8.26. The lowest BCUT2D eigenvalue weighted by Crippen LogP contribution is -2.72. The standard InChI is InChI=1S/C18H28F3N3O/c1-22-16(23-12-5-3-11(4-6-12)18(19,20)21)24-14-13-7-10-25-15(13)17(14)8-2-9-17/h11-15H,2-10H2,1H3,(H2,22,23,24). The number of hydrogen-bond donors (Lipinski definition) is 2. The van der Waals surface area contributed by atoms with Crippen molar-refractivity contribution in [2.75, 3.05) is 13.7 Å². The number of fused-ring (bicyclic) bond motifs is 2. The second-order valence-corrected chi connectivity index (χ2v) is 8.26. The molecule has 0 radical (unpaired) electrons. The van der Waals surface area contributed by atoms with Gasteiger partial charge in [-0.25, -0.2) is 0 Å². The molecule has 4 aliphatic rings. The molecule has 1 saturated heterocycles. The third-order valence-electron chi connectivity index (χ3n) is 7.08. The zero-order valence-corrected chi connectivity index (χ0v) is 14.7. The first kappa shape index (κ1) is 17.4. The van der Waals surface area contributed by atoms with Crippen LogP contribution in [0.2, 0.25) is 0 Å². The molecule has 4 fully saturated rings. The maximum atomic E-state index is 12.8. The first-order valence-electron chi connectivity index (χ1n) is 9.62. The fraction of sp³-hybridized carbons (Fsp3) is 0.944. The summed E-state index contributed by atoms with van der Waals surface area (Å²) in [7, 11) is 1.74. The Morgan fingerprint density at radius 3 is 2.36 bits per heavy atom. The molecule has 4 rings (SSSR count). The van der Waals surface area contributed by atoms with Crippen LogP contribution in [0.15, 0.2) is 4.99 Å². The summed E-state index contributed by atoms with van der Waals surface area (Å²) in [5, 5.41) is 6.97. The van der Waals surface area contributed by atoms with Gasteiger partial charge in [-0.3, -0.25) is 4.99 Å². The Labute approximate surface area is 147 Å². The summed E-state index contributed by atoms with van der Waals surface area (Å²) < 4.78 is 44.4. The number of aliphatic imine (C=N–C) groups is 1. The normalized spacial score (nSPS) is 40.2. The quantitative estimate of drug-likeness (QED) is 0.588. The van der Waals surface area contributed by atoms with Gasteiger partial charge in [0.2, 0.25) is 0 Å². The van der Waals surface area contributed by atoms with Crippen molar-refractivity contribution in [3.63, 3.8) is 0 Å². The van der Waals surface area contributed by atoms with Crippen LogP contribution in [0, 0.1) is 17.3 Å². The van der Waals surface area contributed by atoms with Crippen LogP contribution < -0.4 is 10.6 Å². The molecule has 2 N–H and O–H groups in total. The van der Waals surface area contributed by atoms with Gasteiger partial charge in [-0.15, -0.1) is 0 Å². The number of alkyl halides is 3. The smallest absolute Gasteiger partial charge is 0.377 e. The first-order valence-corrected chi connectivity index (χ1v) is 9.62. The number of guanidine groups is 1. The fourth-order valence-electron chi connectivity index (χ4n) is 5.53. The molecule has 0 aromatic carbocycles. The van der Waals surface area contributed by atoms with Crippen LogP contribution >= 0.6 is 0 Å². The summed E-state index contributed by atoms with van der Waals surface area (Å²) >= 11 is 0. The molecule has 3 aliphatic carbocycles. The molecule has 1 spiro atoms. The largest absolute Gasteiger partial charge is 0.391 e. The Bertz CT molecular complexity index is 524. The summed E-state index contributed by atoms with van der Waals surface area (Å²) in [6, 6.07) is 0.476. The molecule has 0 bridgehead atoms.